The van der Waals surface area contributed by atoms with E-state index in [-0.39, 0.29) is 0 Å². The molecular weight excluding hydrogens is 224 g/mol. The summed E-state index contributed by atoms with van der Waals surface area (Å²) in [5, 5.41) is 12.4. The third-order valence-electron chi connectivity index (χ3n) is 4.72. The molecule has 0 aromatic carbocycles. The van der Waals surface area contributed by atoms with Crippen LogP contribution in [0.15, 0.2) is 0 Å². The van der Waals surface area contributed by atoms with Crippen LogP contribution in [0, 0.1) is 5.92 Å². The molecule has 2 fully saturated rings. The van der Waals surface area contributed by atoms with Gasteiger partial charge in [0, 0.05) is 18.7 Å². The van der Waals surface area contributed by atoms with Gasteiger partial charge in [-0.05, 0) is 57.7 Å². The Morgan fingerprint density at radius 3 is 2.61 bits per heavy atom. The van der Waals surface area contributed by atoms with Crippen molar-refractivity contribution in [2.24, 2.45) is 5.92 Å². The molecule has 1 saturated carbocycles. The lowest BCUT2D eigenvalue weighted by Gasteiger charge is -2.41. The summed E-state index contributed by atoms with van der Waals surface area (Å²) in [5.74, 6) is 0.934. The van der Waals surface area contributed by atoms with Gasteiger partial charge in [0.1, 0.15) is 0 Å². The van der Waals surface area contributed by atoms with Gasteiger partial charge in [-0.2, -0.15) is 0 Å². The minimum Gasteiger partial charge on any atom is -0.396 e. The molecule has 1 aliphatic heterocycles. The molecule has 2 atom stereocenters. The van der Waals surface area contributed by atoms with Crippen LogP contribution < -0.4 is 5.32 Å². The van der Waals surface area contributed by atoms with Crippen molar-refractivity contribution in [3.63, 3.8) is 0 Å². The molecule has 0 amide bonds. The Hall–Kier alpha value is -0.120. The van der Waals surface area contributed by atoms with E-state index in [4.69, 9.17) is 5.11 Å². The van der Waals surface area contributed by atoms with Crippen LogP contribution in [0.25, 0.3) is 0 Å². The fourth-order valence-corrected chi connectivity index (χ4v) is 3.59. The first kappa shape index (κ1) is 14.3. The van der Waals surface area contributed by atoms with Gasteiger partial charge < -0.3 is 15.3 Å². The summed E-state index contributed by atoms with van der Waals surface area (Å²) >= 11 is 0. The van der Waals surface area contributed by atoms with E-state index in [1.807, 2.05) is 0 Å². The predicted molar refractivity (Wildman–Crippen MR) is 75.7 cm³/mol. The van der Waals surface area contributed by atoms with Gasteiger partial charge in [-0.25, -0.2) is 0 Å². The van der Waals surface area contributed by atoms with Crippen LogP contribution >= 0.6 is 0 Å². The number of rotatable bonds is 5. The van der Waals surface area contributed by atoms with Crippen LogP contribution in [-0.4, -0.2) is 48.3 Å². The van der Waals surface area contributed by atoms with Crippen molar-refractivity contribution in [2.75, 3.05) is 26.2 Å². The summed E-state index contributed by atoms with van der Waals surface area (Å²) in [6.07, 6.45) is 9.18. The average molecular weight is 254 g/mol. The first-order valence-electron chi connectivity index (χ1n) is 7.88. The van der Waals surface area contributed by atoms with Crippen LogP contribution in [0.1, 0.15) is 51.9 Å². The molecule has 1 aliphatic carbocycles. The number of piperidine rings is 1. The van der Waals surface area contributed by atoms with Gasteiger partial charge >= 0.3 is 0 Å². The van der Waals surface area contributed by atoms with Crippen molar-refractivity contribution in [1.29, 1.82) is 0 Å². The molecule has 2 aliphatic rings. The second-order valence-electron chi connectivity index (χ2n) is 6.27. The molecule has 1 heterocycles. The highest BCUT2D eigenvalue weighted by Gasteiger charge is 2.27. The fourth-order valence-electron chi connectivity index (χ4n) is 3.59. The quantitative estimate of drug-likeness (QED) is 0.737. The minimum absolute atomic E-state index is 0.311. The molecule has 3 nitrogen and oxygen atoms in total. The number of nitrogens with zero attached hydrogens (tertiary/aromatic N) is 1. The Morgan fingerprint density at radius 2 is 1.94 bits per heavy atom. The molecule has 0 radical (unpaired) electrons. The maximum Gasteiger partial charge on any atom is 0.0443 e. The molecule has 0 bridgehead atoms. The van der Waals surface area contributed by atoms with Gasteiger partial charge in [0.15, 0.2) is 0 Å². The normalized spacial score (nSPS) is 31.7. The largest absolute Gasteiger partial charge is 0.396 e. The zero-order chi connectivity index (χ0) is 12.8. The number of likely N-dealkylation sites (tertiary alicyclic amines) is 1. The third kappa shape index (κ3) is 4.22. The first-order valence-corrected chi connectivity index (χ1v) is 7.88. The van der Waals surface area contributed by atoms with E-state index >= 15 is 0 Å². The van der Waals surface area contributed by atoms with Gasteiger partial charge in [-0.3, -0.25) is 0 Å². The Morgan fingerprint density at radius 1 is 1.17 bits per heavy atom. The number of hydrogen-bond donors (Lipinski definition) is 2. The maximum absolute atomic E-state index is 8.78. The summed E-state index contributed by atoms with van der Waals surface area (Å²) < 4.78 is 0. The lowest BCUT2D eigenvalue weighted by atomic mass is 9.85. The van der Waals surface area contributed by atoms with Crippen LogP contribution in [-0.2, 0) is 0 Å². The summed E-state index contributed by atoms with van der Waals surface area (Å²) in [5.41, 5.74) is 0. The van der Waals surface area contributed by atoms with Crippen LogP contribution in [0.3, 0.4) is 0 Å². The molecule has 2 unspecified atom stereocenters. The Balaban J connectivity index is 1.66. The van der Waals surface area contributed by atoms with E-state index < -0.39 is 0 Å². The molecule has 106 valence electrons. The molecule has 1 saturated heterocycles. The second-order valence-corrected chi connectivity index (χ2v) is 6.27. The topological polar surface area (TPSA) is 35.5 Å². The lowest BCUT2D eigenvalue weighted by Crippen LogP contribution is -2.48. The number of hydrogen-bond acceptors (Lipinski definition) is 3. The zero-order valence-electron chi connectivity index (χ0n) is 11.9. The van der Waals surface area contributed by atoms with Crippen LogP contribution in [0.5, 0.6) is 0 Å². The molecule has 0 spiro atoms. The monoisotopic (exact) mass is 254 g/mol. The number of aliphatic hydroxyl groups is 1. The van der Waals surface area contributed by atoms with Crippen molar-refractivity contribution < 1.29 is 5.11 Å². The molecule has 3 heteroatoms. The second kappa shape index (κ2) is 7.46. The Bertz CT molecular complexity index is 227. The van der Waals surface area contributed by atoms with E-state index in [1.54, 1.807) is 0 Å². The molecule has 2 N–H and O–H groups in total. The van der Waals surface area contributed by atoms with Gasteiger partial charge in [0.25, 0.3) is 0 Å². The Labute approximate surface area is 112 Å². The van der Waals surface area contributed by atoms with Crippen molar-refractivity contribution >= 4 is 0 Å². The van der Waals surface area contributed by atoms with E-state index in [0.29, 0.717) is 12.6 Å². The van der Waals surface area contributed by atoms with Crippen molar-refractivity contribution in [3.05, 3.63) is 0 Å². The highest BCUT2D eigenvalue weighted by atomic mass is 16.3. The first-order chi connectivity index (χ1) is 8.79. The molecule has 0 aromatic rings. The molecule has 18 heavy (non-hydrogen) atoms. The summed E-state index contributed by atoms with van der Waals surface area (Å²) in [6, 6.07) is 1.56. The Kier molecular flexibility index (Phi) is 5.93. The predicted octanol–water partition coefficient (Wildman–Crippen LogP) is 2.00. The van der Waals surface area contributed by atoms with Crippen molar-refractivity contribution in [2.45, 2.75) is 64.0 Å². The fraction of sp³-hybridized carbons (Fsp3) is 1.00. The third-order valence-corrected chi connectivity index (χ3v) is 4.72. The highest BCUT2D eigenvalue weighted by Crippen LogP contribution is 2.29. The minimum atomic E-state index is 0.311. The van der Waals surface area contributed by atoms with Crippen LogP contribution in [0.2, 0.25) is 0 Å². The lowest BCUT2D eigenvalue weighted by molar-refractivity contribution is 0.100. The van der Waals surface area contributed by atoms with Gasteiger partial charge in [0.05, 0.1) is 0 Å². The molecule has 2 rings (SSSR count). The summed E-state index contributed by atoms with van der Waals surface area (Å²) in [4.78, 5) is 2.74. The summed E-state index contributed by atoms with van der Waals surface area (Å²) in [6.45, 7) is 6.24. The standard InChI is InChI=1S/C15H30N2O/c1-13-4-2-5-15(12-13)17-9-6-14(7-10-17)16-8-3-11-18/h13-16,18H,2-12H2,1H3. The number of aliphatic hydroxyl groups excluding tert-OH is 1. The average Bonchev–Trinajstić information content (AvgIpc) is 2.40. The van der Waals surface area contributed by atoms with Gasteiger partial charge in [-0.1, -0.05) is 19.8 Å². The maximum atomic E-state index is 8.78. The van der Waals surface area contributed by atoms with E-state index in [0.717, 1.165) is 24.9 Å². The van der Waals surface area contributed by atoms with Crippen LogP contribution in [0.4, 0.5) is 0 Å². The van der Waals surface area contributed by atoms with E-state index in [9.17, 15) is 0 Å². The molecular formula is C15H30N2O. The van der Waals surface area contributed by atoms with E-state index in [1.165, 1.54) is 51.6 Å². The highest BCUT2D eigenvalue weighted by molar-refractivity contribution is 4.84. The summed E-state index contributed by atoms with van der Waals surface area (Å²) in [7, 11) is 0. The zero-order valence-corrected chi connectivity index (χ0v) is 11.9. The SMILES string of the molecule is CC1CCCC(N2CCC(NCCCO)CC2)C1. The smallest absolute Gasteiger partial charge is 0.0443 e. The molecule has 0 aromatic heterocycles. The van der Waals surface area contributed by atoms with Gasteiger partial charge in [-0.15, -0.1) is 0 Å². The van der Waals surface area contributed by atoms with Crippen molar-refractivity contribution in [1.82, 2.24) is 10.2 Å². The van der Waals surface area contributed by atoms with Crippen molar-refractivity contribution in [3.8, 4) is 0 Å². The van der Waals surface area contributed by atoms with Gasteiger partial charge in [0.2, 0.25) is 0 Å². The number of nitrogens with one attached hydrogen (secondary N) is 1. The van der Waals surface area contributed by atoms with E-state index in [2.05, 4.69) is 17.1 Å².